The first-order valence-corrected chi connectivity index (χ1v) is 3.20. The van der Waals surface area contributed by atoms with Gasteiger partial charge in [-0.05, 0) is 12.1 Å². The quantitative estimate of drug-likeness (QED) is 0.531. The van der Waals surface area contributed by atoms with Gasteiger partial charge in [-0.2, -0.15) is 5.10 Å². The molecule has 0 amide bonds. The minimum atomic E-state index is -0.190. The van der Waals surface area contributed by atoms with Crippen LogP contribution in [0.5, 0.6) is 0 Å². The molecular weight excluding hydrogens is 142 g/mol. The monoisotopic (exact) mass is 150 g/mol. The summed E-state index contributed by atoms with van der Waals surface area (Å²) < 4.78 is 9.94. The van der Waals surface area contributed by atoms with Crippen LogP contribution in [0, 0.1) is 0 Å². The van der Waals surface area contributed by atoms with Crippen LogP contribution in [0.1, 0.15) is 1.37 Å². The van der Waals surface area contributed by atoms with E-state index in [0.717, 1.165) is 0 Å². The topological polar surface area (TPSA) is 39.3 Å². The summed E-state index contributed by atoms with van der Waals surface area (Å²) in [4.78, 5) is 11.2. The third-order valence-electron chi connectivity index (χ3n) is 1.51. The van der Waals surface area contributed by atoms with Gasteiger partial charge in [0.2, 0.25) is 0 Å². The Bertz CT molecular complexity index is 485. The van der Waals surface area contributed by atoms with Gasteiger partial charge in [0.05, 0.1) is 1.37 Å². The summed E-state index contributed by atoms with van der Waals surface area (Å²) in [6, 6.07) is 3.45. The molecule has 0 N–H and O–H groups in total. The van der Waals surface area contributed by atoms with Gasteiger partial charge in [0.15, 0.2) is 5.65 Å². The van der Waals surface area contributed by atoms with Crippen molar-refractivity contribution in [2.75, 3.05) is 0 Å². The SMILES string of the molecule is [2H]c1ccn2c(=O)n(C)nc2c1. The zero-order valence-corrected chi connectivity index (χ0v) is 5.98. The van der Waals surface area contributed by atoms with Crippen LogP contribution >= 0.6 is 0 Å². The fourth-order valence-corrected chi connectivity index (χ4v) is 0.977. The molecule has 0 aliphatic heterocycles. The number of fused-ring (bicyclic) bond motifs is 1. The van der Waals surface area contributed by atoms with E-state index in [0.29, 0.717) is 11.7 Å². The molecule has 0 aliphatic rings. The first-order valence-electron chi connectivity index (χ1n) is 3.70. The molecule has 56 valence electrons. The summed E-state index contributed by atoms with van der Waals surface area (Å²) in [6.45, 7) is 0. The summed E-state index contributed by atoms with van der Waals surface area (Å²) in [5.41, 5.74) is 0.319. The number of hydrogen-bond donors (Lipinski definition) is 0. The predicted octanol–water partition coefficient (Wildman–Crippen LogP) is 0.0330. The summed E-state index contributed by atoms with van der Waals surface area (Å²) >= 11 is 0. The van der Waals surface area contributed by atoms with Crippen molar-refractivity contribution >= 4 is 5.65 Å². The number of rotatable bonds is 0. The summed E-state index contributed by atoms with van der Waals surface area (Å²) in [7, 11) is 1.58. The predicted molar refractivity (Wildman–Crippen MR) is 40.4 cm³/mol. The van der Waals surface area contributed by atoms with Crippen molar-refractivity contribution < 1.29 is 1.37 Å². The Morgan fingerprint density at radius 3 is 3.36 bits per heavy atom. The molecule has 2 aromatic heterocycles. The smallest absolute Gasteiger partial charge is 0.250 e. The van der Waals surface area contributed by atoms with Crippen molar-refractivity contribution in [3.05, 3.63) is 34.9 Å². The maximum atomic E-state index is 11.2. The van der Waals surface area contributed by atoms with Crippen molar-refractivity contribution in [1.82, 2.24) is 14.2 Å². The maximum Gasteiger partial charge on any atom is 0.350 e. The Labute approximate surface area is 64.1 Å². The fraction of sp³-hybridized carbons (Fsp3) is 0.143. The summed E-state index contributed by atoms with van der Waals surface area (Å²) in [5, 5.41) is 3.92. The Balaban J connectivity index is 2.97. The average molecular weight is 150 g/mol. The third kappa shape index (κ3) is 0.756. The lowest BCUT2D eigenvalue weighted by molar-refractivity contribution is 0.733. The van der Waals surface area contributed by atoms with Crippen LogP contribution in [-0.2, 0) is 7.05 Å². The van der Waals surface area contributed by atoms with Gasteiger partial charge >= 0.3 is 5.69 Å². The highest BCUT2D eigenvalue weighted by atomic mass is 16.2. The van der Waals surface area contributed by atoms with Gasteiger partial charge in [-0.3, -0.25) is 4.40 Å². The van der Waals surface area contributed by atoms with Gasteiger partial charge in [-0.15, -0.1) is 0 Å². The standard InChI is InChI=1S/C7H7N3O/c1-9-7(11)10-5-3-2-4-6(10)8-9/h2-5H,1H3/i2D. The highest BCUT2D eigenvalue weighted by Crippen LogP contribution is 1.92. The van der Waals surface area contributed by atoms with E-state index in [4.69, 9.17) is 1.37 Å². The van der Waals surface area contributed by atoms with Crippen molar-refractivity contribution in [3.8, 4) is 0 Å². The first-order chi connectivity index (χ1) is 5.68. The Morgan fingerprint density at radius 1 is 1.73 bits per heavy atom. The Morgan fingerprint density at radius 2 is 2.55 bits per heavy atom. The minimum absolute atomic E-state index is 0.190. The lowest BCUT2D eigenvalue weighted by Crippen LogP contribution is -2.17. The van der Waals surface area contributed by atoms with Crippen LogP contribution in [0.15, 0.2) is 29.2 Å². The lowest BCUT2D eigenvalue weighted by atomic mass is 10.5. The minimum Gasteiger partial charge on any atom is -0.250 e. The molecule has 0 radical (unpaired) electrons. The van der Waals surface area contributed by atoms with Gasteiger partial charge in [-0.25, -0.2) is 9.48 Å². The molecule has 0 atom stereocenters. The molecular formula is C7H7N3O. The largest absolute Gasteiger partial charge is 0.350 e. The van der Waals surface area contributed by atoms with Gasteiger partial charge < -0.3 is 0 Å². The molecule has 2 aromatic rings. The summed E-state index contributed by atoms with van der Waals surface area (Å²) in [5.74, 6) is 0. The van der Waals surface area contributed by atoms with E-state index in [2.05, 4.69) is 5.10 Å². The zero-order chi connectivity index (χ0) is 8.72. The maximum absolute atomic E-state index is 11.2. The molecule has 2 heterocycles. The van der Waals surface area contributed by atoms with Crippen molar-refractivity contribution in [2.45, 2.75) is 0 Å². The van der Waals surface area contributed by atoms with Crippen molar-refractivity contribution in [1.29, 1.82) is 0 Å². The van der Waals surface area contributed by atoms with Crippen LogP contribution in [0.4, 0.5) is 0 Å². The van der Waals surface area contributed by atoms with E-state index in [-0.39, 0.29) is 5.69 Å². The average Bonchev–Trinajstić information content (AvgIpc) is 2.28. The zero-order valence-electron chi connectivity index (χ0n) is 6.98. The molecule has 0 unspecified atom stereocenters. The van der Waals surface area contributed by atoms with E-state index in [1.807, 2.05) is 0 Å². The number of pyridine rings is 1. The second kappa shape index (κ2) is 1.95. The molecule has 2 rings (SSSR count). The van der Waals surface area contributed by atoms with E-state index >= 15 is 0 Å². The molecule has 0 aromatic carbocycles. The molecule has 4 nitrogen and oxygen atoms in total. The molecule has 0 saturated heterocycles. The van der Waals surface area contributed by atoms with Gasteiger partial charge in [0.1, 0.15) is 0 Å². The molecule has 0 saturated carbocycles. The molecule has 0 aliphatic carbocycles. The van der Waals surface area contributed by atoms with Crippen LogP contribution in [0.3, 0.4) is 0 Å². The molecule has 4 heteroatoms. The van der Waals surface area contributed by atoms with Crippen molar-refractivity contribution in [3.63, 3.8) is 0 Å². The summed E-state index contributed by atoms with van der Waals surface area (Å²) in [6.07, 6.45) is 1.55. The highest BCUT2D eigenvalue weighted by molar-refractivity contribution is 5.35. The van der Waals surface area contributed by atoms with E-state index in [1.165, 1.54) is 9.08 Å². The van der Waals surface area contributed by atoms with E-state index in [1.54, 1.807) is 25.4 Å². The van der Waals surface area contributed by atoms with Crippen LogP contribution in [0.2, 0.25) is 0 Å². The van der Waals surface area contributed by atoms with Crippen LogP contribution < -0.4 is 5.69 Å². The Hall–Kier alpha value is -1.58. The van der Waals surface area contributed by atoms with E-state index < -0.39 is 0 Å². The van der Waals surface area contributed by atoms with Gasteiger partial charge in [0.25, 0.3) is 0 Å². The first kappa shape index (κ1) is 5.12. The number of hydrogen-bond acceptors (Lipinski definition) is 2. The molecule has 0 bridgehead atoms. The lowest BCUT2D eigenvalue weighted by Gasteiger charge is -1.84. The number of nitrogens with zero attached hydrogens (tertiary/aromatic N) is 3. The van der Waals surface area contributed by atoms with Crippen molar-refractivity contribution in [2.24, 2.45) is 7.05 Å². The molecule has 0 spiro atoms. The van der Waals surface area contributed by atoms with Gasteiger partial charge in [-0.1, -0.05) is 6.04 Å². The number of aryl methyl sites for hydroxylation is 1. The Kier molecular flexibility index (Phi) is 0.908. The fourth-order valence-electron chi connectivity index (χ4n) is 0.977. The number of aromatic nitrogens is 3. The van der Waals surface area contributed by atoms with Crippen LogP contribution in [0.25, 0.3) is 5.65 Å². The molecule has 11 heavy (non-hydrogen) atoms. The second-order valence-electron chi connectivity index (χ2n) is 2.26. The molecule has 0 fully saturated rings. The van der Waals surface area contributed by atoms with E-state index in [9.17, 15) is 4.79 Å². The normalized spacial score (nSPS) is 11.9. The highest BCUT2D eigenvalue weighted by Gasteiger charge is 1.99. The second-order valence-corrected chi connectivity index (χ2v) is 2.26. The third-order valence-corrected chi connectivity index (χ3v) is 1.51. The van der Waals surface area contributed by atoms with Gasteiger partial charge in [0, 0.05) is 13.2 Å². The van der Waals surface area contributed by atoms with Crippen LogP contribution in [-0.4, -0.2) is 14.2 Å².